The lowest BCUT2D eigenvalue weighted by Gasteiger charge is -2.05. The summed E-state index contributed by atoms with van der Waals surface area (Å²) < 4.78 is 1.85. The number of rotatable bonds is 4. The fourth-order valence-corrected chi connectivity index (χ4v) is 4.47. The SMILES string of the molecule is Cc1cccc(NC(=O)CSc2nnc3c4c(C)c(C)sc4ncn23)c1. The summed E-state index contributed by atoms with van der Waals surface area (Å²) >= 11 is 3.01. The van der Waals surface area contributed by atoms with Gasteiger partial charge < -0.3 is 5.32 Å². The molecular weight excluding hydrogens is 366 g/mol. The number of aryl methyl sites for hydroxylation is 3. The molecular formula is C18H17N5OS2. The van der Waals surface area contributed by atoms with Crippen LogP contribution in [-0.4, -0.2) is 31.2 Å². The van der Waals surface area contributed by atoms with Crippen LogP contribution in [0.4, 0.5) is 5.69 Å². The average Bonchev–Trinajstić information content (AvgIpc) is 3.14. The smallest absolute Gasteiger partial charge is 0.234 e. The fraction of sp³-hybridized carbons (Fsp3) is 0.222. The third-order valence-electron chi connectivity index (χ3n) is 4.18. The van der Waals surface area contributed by atoms with Gasteiger partial charge in [0.15, 0.2) is 10.8 Å². The molecule has 0 unspecified atom stereocenters. The zero-order valence-electron chi connectivity index (χ0n) is 14.6. The van der Waals surface area contributed by atoms with Gasteiger partial charge in [-0.15, -0.1) is 21.5 Å². The van der Waals surface area contributed by atoms with Crippen molar-refractivity contribution in [3.05, 3.63) is 46.6 Å². The number of aromatic nitrogens is 4. The number of nitrogens with zero attached hydrogens (tertiary/aromatic N) is 4. The van der Waals surface area contributed by atoms with Crippen LogP contribution in [0, 0.1) is 20.8 Å². The molecule has 0 spiro atoms. The minimum atomic E-state index is -0.0751. The Morgan fingerprint density at radius 1 is 1.27 bits per heavy atom. The van der Waals surface area contributed by atoms with Gasteiger partial charge in [-0.2, -0.15) is 0 Å². The molecule has 0 aliphatic rings. The summed E-state index contributed by atoms with van der Waals surface area (Å²) in [7, 11) is 0. The third kappa shape index (κ3) is 3.06. The van der Waals surface area contributed by atoms with Crippen molar-refractivity contribution >= 4 is 50.6 Å². The number of nitrogens with one attached hydrogen (secondary N) is 1. The number of amides is 1. The third-order valence-corrected chi connectivity index (χ3v) is 6.24. The van der Waals surface area contributed by atoms with Crippen LogP contribution in [0.3, 0.4) is 0 Å². The van der Waals surface area contributed by atoms with Gasteiger partial charge in [-0.05, 0) is 44.0 Å². The monoisotopic (exact) mass is 383 g/mol. The van der Waals surface area contributed by atoms with Gasteiger partial charge in [-0.1, -0.05) is 23.9 Å². The standard InChI is InChI=1S/C18H17N5OS2/c1-10-5-4-6-13(7-10)20-14(24)8-25-18-22-21-16-15-11(2)12(3)26-17(15)19-9-23(16)18/h4-7,9H,8H2,1-3H3,(H,20,24). The highest BCUT2D eigenvalue weighted by atomic mass is 32.2. The Kier molecular flexibility index (Phi) is 4.37. The van der Waals surface area contributed by atoms with E-state index in [0.29, 0.717) is 5.16 Å². The van der Waals surface area contributed by atoms with Crippen molar-refractivity contribution in [1.82, 2.24) is 19.6 Å². The highest BCUT2D eigenvalue weighted by Gasteiger charge is 2.16. The normalized spacial score (nSPS) is 11.3. The molecule has 0 atom stereocenters. The molecule has 0 bridgehead atoms. The lowest BCUT2D eigenvalue weighted by Crippen LogP contribution is -2.14. The maximum Gasteiger partial charge on any atom is 0.234 e. The predicted molar refractivity (Wildman–Crippen MR) is 106 cm³/mol. The van der Waals surface area contributed by atoms with Gasteiger partial charge >= 0.3 is 0 Å². The highest BCUT2D eigenvalue weighted by Crippen LogP contribution is 2.32. The van der Waals surface area contributed by atoms with Gasteiger partial charge in [0.05, 0.1) is 11.1 Å². The molecule has 0 radical (unpaired) electrons. The zero-order valence-corrected chi connectivity index (χ0v) is 16.2. The summed E-state index contributed by atoms with van der Waals surface area (Å²) in [5.41, 5.74) is 3.88. The van der Waals surface area contributed by atoms with E-state index in [1.165, 1.54) is 22.2 Å². The van der Waals surface area contributed by atoms with Gasteiger partial charge in [-0.25, -0.2) is 4.98 Å². The molecule has 4 aromatic rings. The van der Waals surface area contributed by atoms with Gasteiger partial charge in [-0.3, -0.25) is 9.20 Å². The van der Waals surface area contributed by atoms with Crippen LogP contribution in [0.5, 0.6) is 0 Å². The zero-order chi connectivity index (χ0) is 18.3. The maximum atomic E-state index is 12.2. The van der Waals surface area contributed by atoms with E-state index in [2.05, 4.69) is 34.3 Å². The largest absolute Gasteiger partial charge is 0.325 e. The molecule has 6 nitrogen and oxygen atoms in total. The fourth-order valence-electron chi connectivity index (χ4n) is 2.77. The van der Waals surface area contributed by atoms with Crippen molar-refractivity contribution < 1.29 is 4.79 Å². The van der Waals surface area contributed by atoms with Gasteiger partial charge in [0.2, 0.25) is 5.91 Å². The molecule has 1 N–H and O–H groups in total. The van der Waals surface area contributed by atoms with E-state index in [-0.39, 0.29) is 11.7 Å². The minimum Gasteiger partial charge on any atom is -0.325 e. The lowest BCUT2D eigenvalue weighted by molar-refractivity contribution is -0.113. The molecule has 3 heterocycles. The van der Waals surface area contributed by atoms with Crippen LogP contribution in [0.1, 0.15) is 16.0 Å². The summed E-state index contributed by atoms with van der Waals surface area (Å²) in [4.78, 5) is 18.9. The second-order valence-electron chi connectivity index (χ2n) is 6.09. The molecule has 1 aromatic carbocycles. The molecule has 132 valence electrons. The second-order valence-corrected chi connectivity index (χ2v) is 8.24. The van der Waals surface area contributed by atoms with E-state index in [1.54, 1.807) is 17.7 Å². The van der Waals surface area contributed by atoms with E-state index in [1.807, 2.05) is 35.6 Å². The van der Waals surface area contributed by atoms with Crippen LogP contribution in [0.15, 0.2) is 35.7 Å². The first-order chi connectivity index (χ1) is 12.5. The van der Waals surface area contributed by atoms with Crippen molar-refractivity contribution in [2.24, 2.45) is 0 Å². The van der Waals surface area contributed by atoms with Crippen molar-refractivity contribution in [3.63, 3.8) is 0 Å². The molecule has 3 aromatic heterocycles. The number of carbonyl (C=O) groups is 1. The first-order valence-corrected chi connectivity index (χ1v) is 9.92. The van der Waals surface area contributed by atoms with E-state index >= 15 is 0 Å². The number of thiophene rings is 1. The number of carbonyl (C=O) groups excluding carboxylic acids is 1. The van der Waals surface area contributed by atoms with Gasteiger partial charge in [0, 0.05) is 10.6 Å². The summed E-state index contributed by atoms with van der Waals surface area (Å²) in [6, 6.07) is 7.74. The average molecular weight is 384 g/mol. The number of fused-ring (bicyclic) bond motifs is 3. The summed E-state index contributed by atoms with van der Waals surface area (Å²) in [6.07, 6.45) is 1.73. The number of thioether (sulfide) groups is 1. The predicted octanol–water partition coefficient (Wildman–Crippen LogP) is 4.00. The van der Waals surface area contributed by atoms with E-state index in [4.69, 9.17) is 0 Å². The Labute approximate surface area is 158 Å². The Morgan fingerprint density at radius 2 is 2.12 bits per heavy atom. The first kappa shape index (κ1) is 17.0. The summed E-state index contributed by atoms with van der Waals surface area (Å²) in [5, 5.41) is 13.2. The van der Waals surface area contributed by atoms with Gasteiger partial charge in [0.1, 0.15) is 11.2 Å². The number of anilines is 1. The molecule has 0 aliphatic heterocycles. The lowest BCUT2D eigenvalue weighted by atomic mass is 10.2. The van der Waals surface area contributed by atoms with Crippen LogP contribution < -0.4 is 5.32 Å². The highest BCUT2D eigenvalue weighted by molar-refractivity contribution is 7.99. The number of hydrogen-bond acceptors (Lipinski definition) is 6. The Morgan fingerprint density at radius 3 is 2.92 bits per heavy atom. The minimum absolute atomic E-state index is 0.0751. The number of benzene rings is 1. The Bertz CT molecular complexity index is 1130. The summed E-state index contributed by atoms with van der Waals surface area (Å²) in [5.74, 6) is 0.183. The van der Waals surface area contributed by atoms with Crippen LogP contribution in [0.2, 0.25) is 0 Å². The van der Waals surface area contributed by atoms with Crippen LogP contribution in [0.25, 0.3) is 15.9 Å². The van der Waals surface area contributed by atoms with E-state index in [9.17, 15) is 4.79 Å². The van der Waals surface area contributed by atoms with Crippen LogP contribution >= 0.6 is 23.1 Å². The molecule has 0 aliphatic carbocycles. The van der Waals surface area contributed by atoms with Crippen molar-refractivity contribution in [3.8, 4) is 0 Å². The maximum absolute atomic E-state index is 12.2. The first-order valence-electron chi connectivity index (χ1n) is 8.11. The summed E-state index contributed by atoms with van der Waals surface area (Å²) in [6.45, 7) is 6.15. The molecule has 4 rings (SSSR count). The van der Waals surface area contributed by atoms with Crippen molar-refractivity contribution in [2.45, 2.75) is 25.9 Å². The Hall–Kier alpha value is -2.45. The second kappa shape index (κ2) is 6.69. The topological polar surface area (TPSA) is 72.2 Å². The molecule has 26 heavy (non-hydrogen) atoms. The molecule has 8 heteroatoms. The Balaban J connectivity index is 1.54. The van der Waals surface area contributed by atoms with Crippen molar-refractivity contribution in [1.29, 1.82) is 0 Å². The van der Waals surface area contributed by atoms with E-state index < -0.39 is 0 Å². The molecule has 0 saturated heterocycles. The molecule has 0 saturated carbocycles. The van der Waals surface area contributed by atoms with Crippen molar-refractivity contribution in [2.75, 3.05) is 11.1 Å². The molecule has 0 fully saturated rings. The van der Waals surface area contributed by atoms with E-state index in [0.717, 1.165) is 27.1 Å². The van der Waals surface area contributed by atoms with Gasteiger partial charge in [0.25, 0.3) is 0 Å². The number of hydrogen-bond donors (Lipinski definition) is 1. The van der Waals surface area contributed by atoms with Crippen LogP contribution in [-0.2, 0) is 4.79 Å². The molecule has 1 amide bonds. The quantitative estimate of drug-likeness (QED) is 0.539.